The van der Waals surface area contributed by atoms with Gasteiger partial charge in [-0.1, -0.05) is 41.9 Å². The number of hydrogen-bond donors (Lipinski definition) is 1. The number of ether oxygens (including phenoxy) is 1. The first kappa shape index (κ1) is 21.3. The van der Waals surface area contributed by atoms with Crippen molar-refractivity contribution in [3.05, 3.63) is 65.2 Å². The highest BCUT2D eigenvalue weighted by atomic mass is 35.5. The van der Waals surface area contributed by atoms with Crippen LogP contribution in [0, 0.1) is 0 Å². The number of carbonyl (C=O) groups excluding carboxylic acids is 2. The van der Waals surface area contributed by atoms with Gasteiger partial charge in [0, 0.05) is 10.9 Å². The molecule has 1 N–H and O–H groups in total. The zero-order valence-electron chi connectivity index (χ0n) is 16.3. The Morgan fingerprint density at radius 2 is 1.69 bits per heavy atom. The van der Waals surface area contributed by atoms with Gasteiger partial charge in [-0.05, 0) is 50.6 Å². The van der Waals surface area contributed by atoms with Crippen molar-refractivity contribution >= 4 is 33.8 Å². The molecule has 2 aromatic carbocycles. The van der Waals surface area contributed by atoms with Crippen LogP contribution in [0.4, 0.5) is 4.79 Å². The third-order valence-electron chi connectivity index (χ3n) is 4.73. The van der Waals surface area contributed by atoms with Crippen LogP contribution >= 0.6 is 11.6 Å². The van der Waals surface area contributed by atoms with Crippen LogP contribution in [0.3, 0.4) is 0 Å². The van der Waals surface area contributed by atoms with Crippen molar-refractivity contribution in [3.63, 3.8) is 0 Å². The second kappa shape index (κ2) is 7.46. The van der Waals surface area contributed by atoms with E-state index in [0.717, 1.165) is 0 Å². The average Bonchev–Trinajstić information content (AvgIpc) is 3.30. The highest BCUT2D eigenvalue weighted by Gasteiger charge is 2.73. The number of halogens is 1. The molecule has 1 aliphatic rings. The van der Waals surface area contributed by atoms with Crippen molar-refractivity contribution in [3.8, 4) is 0 Å². The summed E-state index contributed by atoms with van der Waals surface area (Å²) in [5, 5.41) is 1.76. The summed E-state index contributed by atoms with van der Waals surface area (Å²) in [4.78, 5) is 24.6. The summed E-state index contributed by atoms with van der Waals surface area (Å²) in [7, 11) is -3.95. The zero-order valence-corrected chi connectivity index (χ0v) is 17.8. The lowest BCUT2D eigenvalue weighted by Crippen LogP contribution is -2.45. The summed E-state index contributed by atoms with van der Waals surface area (Å²) in [6.45, 7) is 5.05. The molecule has 6 nitrogen and oxygen atoms in total. The third kappa shape index (κ3) is 4.16. The molecule has 0 heterocycles. The topological polar surface area (TPSA) is 89.5 Å². The van der Waals surface area contributed by atoms with Crippen molar-refractivity contribution in [2.75, 3.05) is 0 Å². The standard InChI is InChI=1S/C21H22ClNO5S/c1-20(2,3)28-19(25)23-21(13-24)17(14-7-5-4-6-8-14)18(21)29(26,27)16-11-9-15(22)10-12-16/h4-13,17-18H,1-3H3,(H,23,25)/t17-,18+,21+/m0/s1. The number of alkyl carbamates (subject to hydrolysis) is 1. The molecule has 3 atom stereocenters. The zero-order chi connectivity index (χ0) is 21.4. The summed E-state index contributed by atoms with van der Waals surface area (Å²) in [5.74, 6) is -0.741. The van der Waals surface area contributed by atoms with Gasteiger partial charge < -0.3 is 14.8 Å². The van der Waals surface area contributed by atoms with E-state index >= 15 is 0 Å². The van der Waals surface area contributed by atoms with Gasteiger partial charge in [-0.25, -0.2) is 13.2 Å². The van der Waals surface area contributed by atoms with E-state index in [4.69, 9.17) is 16.3 Å². The van der Waals surface area contributed by atoms with Crippen LogP contribution in [-0.4, -0.2) is 37.2 Å². The van der Waals surface area contributed by atoms with Crippen LogP contribution in [0.15, 0.2) is 59.5 Å². The highest BCUT2D eigenvalue weighted by molar-refractivity contribution is 7.92. The maximum Gasteiger partial charge on any atom is 0.408 e. The van der Waals surface area contributed by atoms with Gasteiger partial charge in [0.2, 0.25) is 0 Å². The molecule has 0 saturated heterocycles. The Hall–Kier alpha value is -2.38. The molecule has 2 aromatic rings. The Balaban J connectivity index is 2.03. The fourth-order valence-corrected chi connectivity index (χ4v) is 5.86. The second-order valence-electron chi connectivity index (χ2n) is 7.99. The number of carbonyl (C=O) groups is 2. The van der Waals surface area contributed by atoms with Crippen molar-refractivity contribution in [1.82, 2.24) is 5.32 Å². The van der Waals surface area contributed by atoms with Crippen LogP contribution in [0.5, 0.6) is 0 Å². The summed E-state index contributed by atoms with van der Waals surface area (Å²) < 4.78 is 31.9. The number of amides is 1. The van der Waals surface area contributed by atoms with E-state index in [1.54, 1.807) is 51.1 Å². The molecule has 0 spiro atoms. The number of nitrogens with one attached hydrogen (secondary N) is 1. The van der Waals surface area contributed by atoms with E-state index in [1.807, 2.05) is 0 Å². The van der Waals surface area contributed by atoms with Gasteiger partial charge in [0.25, 0.3) is 0 Å². The van der Waals surface area contributed by atoms with Gasteiger partial charge in [0.15, 0.2) is 9.84 Å². The fraction of sp³-hybridized carbons (Fsp3) is 0.333. The molecule has 1 fully saturated rings. The number of sulfone groups is 1. The smallest absolute Gasteiger partial charge is 0.408 e. The number of hydrogen-bond acceptors (Lipinski definition) is 5. The molecule has 0 bridgehead atoms. The molecule has 1 aliphatic carbocycles. The van der Waals surface area contributed by atoms with Crippen LogP contribution < -0.4 is 5.32 Å². The lowest BCUT2D eigenvalue weighted by Gasteiger charge is -2.22. The minimum Gasteiger partial charge on any atom is -0.444 e. The first-order valence-corrected chi connectivity index (χ1v) is 11.0. The summed E-state index contributed by atoms with van der Waals surface area (Å²) in [6.07, 6.45) is -0.355. The van der Waals surface area contributed by atoms with E-state index in [1.165, 1.54) is 24.3 Å². The second-order valence-corrected chi connectivity index (χ2v) is 10.5. The minimum absolute atomic E-state index is 0.0301. The Morgan fingerprint density at radius 1 is 1.10 bits per heavy atom. The summed E-state index contributed by atoms with van der Waals surface area (Å²) in [6, 6.07) is 14.5. The van der Waals surface area contributed by atoms with E-state index in [-0.39, 0.29) is 4.90 Å². The van der Waals surface area contributed by atoms with E-state index in [2.05, 4.69) is 5.32 Å². The first-order valence-electron chi connectivity index (χ1n) is 9.03. The Kier molecular flexibility index (Phi) is 5.49. The van der Waals surface area contributed by atoms with Crippen molar-refractivity contribution in [2.45, 2.75) is 48.0 Å². The molecule has 0 radical (unpaired) electrons. The molecular formula is C21H22ClNO5S. The lowest BCUT2D eigenvalue weighted by atomic mass is 10.1. The van der Waals surface area contributed by atoms with Crippen LogP contribution in [0.2, 0.25) is 5.02 Å². The molecular weight excluding hydrogens is 414 g/mol. The third-order valence-corrected chi connectivity index (χ3v) is 7.24. The van der Waals surface area contributed by atoms with Crippen LogP contribution in [0.25, 0.3) is 0 Å². The maximum atomic E-state index is 13.3. The van der Waals surface area contributed by atoms with Crippen molar-refractivity contribution < 1.29 is 22.7 Å². The van der Waals surface area contributed by atoms with Crippen molar-refractivity contribution in [1.29, 1.82) is 0 Å². The molecule has 1 saturated carbocycles. The average molecular weight is 436 g/mol. The molecule has 0 aliphatic heterocycles. The largest absolute Gasteiger partial charge is 0.444 e. The highest BCUT2D eigenvalue weighted by Crippen LogP contribution is 2.56. The van der Waals surface area contributed by atoms with Gasteiger partial charge in [-0.2, -0.15) is 0 Å². The predicted octanol–water partition coefficient (Wildman–Crippen LogP) is 3.74. The molecule has 0 unspecified atom stereocenters. The van der Waals surface area contributed by atoms with E-state index in [0.29, 0.717) is 16.9 Å². The quantitative estimate of drug-likeness (QED) is 0.722. The monoisotopic (exact) mass is 435 g/mol. The van der Waals surface area contributed by atoms with Crippen LogP contribution in [0.1, 0.15) is 32.3 Å². The lowest BCUT2D eigenvalue weighted by molar-refractivity contribution is -0.110. The maximum absolute atomic E-state index is 13.3. The molecule has 29 heavy (non-hydrogen) atoms. The predicted molar refractivity (Wildman–Crippen MR) is 110 cm³/mol. The fourth-order valence-electron chi connectivity index (χ4n) is 3.49. The normalized spacial score (nSPS) is 23.9. The van der Waals surface area contributed by atoms with Crippen LogP contribution in [-0.2, 0) is 19.4 Å². The van der Waals surface area contributed by atoms with Gasteiger partial charge in [0.1, 0.15) is 22.7 Å². The SMILES string of the molecule is CC(C)(C)OC(=O)N[C@@]1(C=O)[C@H](S(=O)(=O)c2ccc(Cl)cc2)[C@@H]1c1ccccc1. The summed E-state index contributed by atoms with van der Waals surface area (Å²) in [5.41, 5.74) is -1.78. The molecule has 154 valence electrons. The minimum atomic E-state index is -3.95. The number of benzene rings is 2. The molecule has 3 rings (SSSR count). The summed E-state index contributed by atoms with van der Waals surface area (Å²) >= 11 is 5.87. The van der Waals surface area contributed by atoms with Gasteiger partial charge in [0.05, 0.1) is 4.90 Å². The number of rotatable bonds is 5. The molecule has 1 amide bonds. The van der Waals surface area contributed by atoms with Gasteiger partial charge >= 0.3 is 6.09 Å². The van der Waals surface area contributed by atoms with Gasteiger partial charge in [-0.3, -0.25) is 0 Å². The first-order chi connectivity index (χ1) is 13.5. The number of aldehydes is 1. The molecule has 0 aromatic heterocycles. The van der Waals surface area contributed by atoms with E-state index in [9.17, 15) is 18.0 Å². The molecule has 8 heteroatoms. The van der Waals surface area contributed by atoms with Gasteiger partial charge in [-0.15, -0.1) is 0 Å². The van der Waals surface area contributed by atoms with Crippen molar-refractivity contribution in [2.24, 2.45) is 0 Å². The Morgan fingerprint density at radius 3 is 2.21 bits per heavy atom. The Labute approximate surface area is 175 Å². The Bertz CT molecular complexity index is 1020. The van der Waals surface area contributed by atoms with E-state index < -0.39 is 38.2 Å².